The van der Waals surface area contributed by atoms with Gasteiger partial charge in [0, 0.05) is 44.0 Å². The van der Waals surface area contributed by atoms with Gasteiger partial charge in [-0.2, -0.15) is 0 Å². The minimum absolute atomic E-state index is 0.101. The van der Waals surface area contributed by atoms with Crippen LogP contribution in [-0.2, 0) is 4.79 Å². The Bertz CT molecular complexity index is 641. The van der Waals surface area contributed by atoms with Crippen LogP contribution in [0.3, 0.4) is 0 Å². The molecule has 0 saturated carbocycles. The fourth-order valence-electron chi connectivity index (χ4n) is 3.90. The quantitative estimate of drug-likeness (QED) is 0.798. The predicted octanol–water partition coefficient (Wildman–Crippen LogP) is 2.00. The molecule has 1 aromatic carbocycles. The lowest BCUT2D eigenvalue weighted by Gasteiger charge is -2.37. The Labute approximate surface area is 143 Å². The normalized spacial score (nSPS) is 23.7. The van der Waals surface area contributed by atoms with E-state index in [9.17, 15) is 9.59 Å². The summed E-state index contributed by atoms with van der Waals surface area (Å²) in [6.45, 7) is 6.38. The van der Waals surface area contributed by atoms with Gasteiger partial charge in [-0.25, -0.2) is 0 Å². The summed E-state index contributed by atoms with van der Waals surface area (Å²) in [5, 5.41) is 0. The number of piperidine rings is 1. The molecule has 0 spiro atoms. The van der Waals surface area contributed by atoms with E-state index in [1.54, 1.807) is 7.05 Å². The highest BCUT2D eigenvalue weighted by atomic mass is 16.2. The van der Waals surface area contributed by atoms with Crippen LogP contribution in [0.1, 0.15) is 23.2 Å². The van der Waals surface area contributed by atoms with Crippen LogP contribution in [-0.4, -0.2) is 61.4 Å². The molecule has 0 radical (unpaired) electrons. The number of hydrogen-bond donors (Lipinski definition) is 0. The summed E-state index contributed by atoms with van der Waals surface area (Å²) in [7, 11) is 3.83. The Balaban J connectivity index is 1.75. The molecule has 0 bridgehead atoms. The zero-order chi connectivity index (χ0) is 17.3. The smallest absolute Gasteiger partial charge is 0.254 e. The van der Waals surface area contributed by atoms with Crippen molar-refractivity contribution >= 4 is 17.5 Å². The number of amides is 2. The molecule has 2 atom stereocenters. The molecule has 2 heterocycles. The van der Waals surface area contributed by atoms with Crippen molar-refractivity contribution in [2.24, 2.45) is 5.92 Å². The molecule has 0 aromatic heterocycles. The first-order valence-electron chi connectivity index (χ1n) is 8.51. The number of benzene rings is 1. The second-order valence-corrected chi connectivity index (χ2v) is 6.84. The minimum atomic E-state index is -0.165. The SMILES string of the molecule is C=CC(=O)N(C)c1ccc(C(=O)N2CCC[C@H]3CN(C)C[C@H]32)cc1. The minimum Gasteiger partial charge on any atom is -0.334 e. The van der Waals surface area contributed by atoms with Gasteiger partial charge in [-0.15, -0.1) is 0 Å². The van der Waals surface area contributed by atoms with Crippen molar-refractivity contribution < 1.29 is 9.59 Å². The van der Waals surface area contributed by atoms with Crippen molar-refractivity contribution in [1.82, 2.24) is 9.80 Å². The summed E-state index contributed by atoms with van der Waals surface area (Å²) in [5.41, 5.74) is 1.45. The van der Waals surface area contributed by atoms with Gasteiger partial charge in [-0.05, 0) is 56.1 Å². The Morgan fingerprint density at radius 2 is 1.96 bits per heavy atom. The Morgan fingerprint density at radius 1 is 1.25 bits per heavy atom. The highest BCUT2D eigenvalue weighted by Gasteiger charge is 2.39. The summed E-state index contributed by atoms with van der Waals surface area (Å²) in [6.07, 6.45) is 3.57. The van der Waals surface area contributed by atoms with Crippen LogP contribution in [0, 0.1) is 5.92 Å². The van der Waals surface area contributed by atoms with Crippen LogP contribution in [0.2, 0.25) is 0 Å². The molecule has 5 heteroatoms. The second kappa shape index (κ2) is 6.77. The Hall–Kier alpha value is -2.14. The lowest BCUT2D eigenvalue weighted by atomic mass is 9.91. The van der Waals surface area contributed by atoms with Gasteiger partial charge in [0.15, 0.2) is 0 Å². The first-order chi connectivity index (χ1) is 11.5. The van der Waals surface area contributed by atoms with Crippen LogP contribution in [0.25, 0.3) is 0 Å². The van der Waals surface area contributed by atoms with E-state index in [-0.39, 0.29) is 11.8 Å². The fraction of sp³-hybridized carbons (Fsp3) is 0.474. The van der Waals surface area contributed by atoms with Gasteiger partial charge >= 0.3 is 0 Å². The molecule has 0 N–H and O–H groups in total. The molecule has 2 aliphatic heterocycles. The number of fused-ring (bicyclic) bond motifs is 1. The van der Waals surface area contributed by atoms with Gasteiger partial charge in [-0.1, -0.05) is 6.58 Å². The molecule has 0 unspecified atom stereocenters. The molecule has 2 amide bonds. The van der Waals surface area contributed by atoms with Crippen LogP contribution in [0.5, 0.6) is 0 Å². The lowest BCUT2D eigenvalue weighted by molar-refractivity contribution is -0.113. The van der Waals surface area contributed by atoms with Crippen molar-refractivity contribution in [3.63, 3.8) is 0 Å². The molecule has 24 heavy (non-hydrogen) atoms. The number of rotatable bonds is 3. The first kappa shape index (κ1) is 16.7. The monoisotopic (exact) mass is 327 g/mol. The number of nitrogens with zero attached hydrogens (tertiary/aromatic N) is 3. The van der Waals surface area contributed by atoms with E-state index in [0.717, 1.165) is 31.7 Å². The number of likely N-dealkylation sites (tertiary alicyclic amines) is 2. The van der Waals surface area contributed by atoms with Gasteiger partial charge in [0.05, 0.1) is 0 Å². The maximum absolute atomic E-state index is 12.9. The number of anilines is 1. The van der Waals surface area contributed by atoms with Gasteiger partial charge in [0.2, 0.25) is 5.91 Å². The van der Waals surface area contributed by atoms with Gasteiger partial charge in [-0.3, -0.25) is 9.59 Å². The first-order valence-corrected chi connectivity index (χ1v) is 8.51. The van der Waals surface area contributed by atoms with Crippen LogP contribution in [0.4, 0.5) is 5.69 Å². The number of carbonyl (C=O) groups is 2. The number of hydrogen-bond acceptors (Lipinski definition) is 3. The number of likely N-dealkylation sites (N-methyl/N-ethyl adjacent to an activating group) is 2. The summed E-state index contributed by atoms with van der Waals surface area (Å²) in [6, 6.07) is 7.59. The van der Waals surface area contributed by atoms with Crippen molar-refractivity contribution in [2.45, 2.75) is 18.9 Å². The van der Waals surface area contributed by atoms with Crippen molar-refractivity contribution in [3.8, 4) is 0 Å². The van der Waals surface area contributed by atoms with Crippen molar-refractivity contribution in [2.75, 3.05) is 38.6 Å². The molecule has 5 nitrogen and oxygen atoms in total. The molecule has 2 aliphatic rings. The standard InChI is InChI=1S/C19H25N3O2/c1-4-18(23)21(3)16-9-7-14(8-10-16)19(24)22-11-5-6-15-12-20(2)13-17(15)22/h4,7-10,15,17H,1,5-6,11-13H2,2-3H3/t15-,17+/m0/s1. The zero-order valence-corrected chi connectivity index (χ0v) is 14.4. The van der Waals surface area contributed by atoms with E-state index in [0.29, 0.717) is 17.5 Å². The maximum Gasteiger partial charge on any atom is 0.254 e. The van der Waals surface area contributed by atoms with Crippen LogP contribution >= 0.6 is 0 Å². The molecular weight excluding hydrogens is 302 g/mol. The largest absolute Gasteiger partial charge is 0.334 e. The predicted molar refractivity (Wildman–Crippen MR) is 95.1 cm³/mol. The van der Waals surface area contributed by atoms with Crippen LogP contribution < -0.4 is 4.90 Å². The molecule has 128 valence electrons. The van der Waals surface area contributed by atoms with Crippen molar-refractivity contribution in [1.29, 1.82) is 0 Å². The Kier molecular flexibility index (Phi) is 4.71. The zero-order valence-electron chi connectivity index (χ0n) is 14.4. The summed E-state index contributed by atoms with van der Waals surface area (Å²) >= 11 is 0. The topological polar surface area (TPSA) is 43.9 Å². The highest BCUT2D eigenvalue weighted by molar-refractivity contribution is 6.01. The van der Waals surface area contributed by atoms with Crippen LogP contribution in [0.15, 0.2) is 36.9 Å². The molecule has 0 aliphatic carbocycles. The fourth-order valence-corrected chi connectivity index (χ4v) is 3.90. The van der Waals surface area contributed by atoms with E-state index in [1.807, 2.05) is 29.2 Å². The average Bonchev–Trinajstić information content (AvgIpc) is 3.00. The molecule has 2 fully saturated rings. The molecule has 1 aromatic rings. The van der Waals surface area contributed by atoms with E-state index in [4.69, 9.17) is 0 Å². The summed E-state index contributed by atoms with van der Waals surface area (Å²) in [4.78, 5) is 30.5. The summed E-state index contributed by atoms with van der Waals surface area (Å²) in [5.74, 6) is 0.537. The van der Waals surface area contributed by atoms with Gasteiger partial charge < -0.3 is 14.7 Å². The highest BCUT2D eigenvalue weighted by Crippen LogP contribution is 2.31. The van der Waals surface area contributed by atoms with Crippen molar-refractivity contribution in [3.05, 3.63) is 42.5 Å². The molecule has 2 saturated heterocycles. The lowest BCUT2D eigenvalue weighted by Crippen LogP contribution is -2.48. The number of carbonyl (C=O) groups excluding carboxylic acids is 2. The molecular formula is C19H25N3O2. The third kappa shape index (κ3) is 3.08. The van der Waals surface area contributed by atoms with E-state index >= 15 is 0 Å². The third-order valence-electron chi connectivity index (χ3n) is 5.23. The van der Waals surface area contributed by atoms with Gasteiger partial charge in [0.1, 0.15) is 0 Å². The Morgan fingerprint density at radius 3 is 2.62 bits per heavy atom. The van der Waals surface area contributed by atoms with E-state index in [2.05, 4.69) is 18.5 Å². The van der Waals surface area contributed by atoms with Gasteiger partial charge in [0.25, 0.3) is 5.91 Å². The maximum atomic E-state index is 12.9. The molecule has 3 rings (SSSR count). The van der Waals surface area contributed by atoms with E-state index in [1.165, 1.54) is 17.4 Å². The van der Waals surface area contributed by atoms with E-state index < -0.39 is 0 Å². The average molecular weight is 327 g/mol. The summed E-state index contributed by atoms with van der Waals surface area (Å²) < 4.78 is 0. The second-order valence-electron chi connectivity index (χ2n) is 6.84. The third-order valence-corrected chi connectivity index (χ3v) is 5.23.